The summed E-state index contributed by atoms with van der Waals surface area (Å²) < 4.78 is 5.05. The molecule has 1 rings (SSSR count). The van der Waals surface area contributed by atoms with Gasteiger partial charge in [0.15, 0.2) is 6.39 Å². The average molecular weight is 169 g/mol. The number of nitrogens with zero attached hydrogens (tertiary/aromatic N) is 1. The molecule has 0 saturated carbocycles. The second-order valence-corrected chi connectivity index (χ2v) is 2.50. The highest BCUT2D eigenvalue weighted by Crippen LogP contribution is 1.93. The van der Waals surface area contributed by atoms with Crippen LogP contribution in [0.2, 0.25) is 0 Å². The van der Waals surface area contributed by atoms with Gasteiger partial charge < -0.3 is 15.1 Å². The zero-order valence-corrected chi connectivity index (χ0v) is 7.34. The first-order valence-corrected chi connectivity index (χ1v) is 4.22. The van der Waals surface area contributed by atoms with E-state index in [0.29, 0.717) is 0 Å². The van der Waals surface area contributed by atoms with Crippen LogP contribution in [-0.4, -0.2) is 24.6 Å². The van der Waals surface area contributed by atoms with E-state index in [0.717, 1.165) is 31.9 Å². The Morgan fingerprint density at radius 2 is 2.25 bits per heavy atom. The molecule has 0 aromatic carbocycles. The van der Waals surface area contributed by atoms with E-state index < -0.39 is 0 Å². The number of oxazole rings is 1. The molecule has 0 bridgehead atoms. The predicted molar refractivity (Wildman–Crippen MR) is 46.8 cm³/mol. The number of rotatable bonds is 6. The lowest BCUT2D eigenvalue weighted by atomic mass is 10.5. The van der Waals surface area contributed by atoms with E-state index in [-0.39, 0.29) is 0 Å². The molecule has 12 heavy (non-hydrogen) atoms. The van der Waals surface area contributed by atoms with Crippen LogP contribution in [0.4, 0.5) is 0 Å². The molecular weight excluding hydrogens is 154 g/mol. The molecule has 68 valence electrons. The van der Waals surface area contributed by atoms with Crippen LogP contribution in [-0.2, 0) is 6.54 Å². The van der Waals surface area contributed by atoms with E-state index in [1.54, 1.807) is 6.20 Å². The molecule has 0 unspecified atom stereocenters. The molecule has 0 fully saturated rings. The SMILES string of the molecule is CCNCCNCc1cnco1. The quantitative estimate of drug-likeness (QED) is 0.604. The lowest BCUT2D eigenvalue weighted by molar-refractivity contribution is 0.477. The summed E-state index contributed by atoms with van der Waals surface area (Å²) in [6.07, 6.45) is 3.17. The molecule has 0 amide bonds. The molecule has 0 atom stereocenters. The van der Waals surface area contributed by atoms with E-state index in [1.807, 2.05) is 0 Å². The zero-order chi connectivity index (χ0) is 8.65. The van der Waals surface area contributed by atoms with Crippen molar-refractivity contribution in [3.63, 3.8) is 0 Å². The molecule has 0 radical (unpaired) electrons. The van der Waals surface area contributed by atoms with Gasteiger partial charge in [-0.2, -0.15) is 0 Å². The lowest BCUT2D eigenvalue weighted by Gasteiger charge is -2.01. The summed E-state index contributed by atoms with van der Waals surface area (Å²) in [5.74, 6) is 0.881. The molecule has 4 heteroatoms. The van der Waals surface area contributed by atoms with Crippen molar-refractivity contribution >= 4 is 0 Å². The molecule has 1 aromatic rings. The highest BCUT2D eigenvalue weighted by Gasteiger charge is 1.93. The maximum absolute atomic E-state index is 5.05. The van der Waals surface area contributed by atoms with Crippen molar-refractivity contribution < 1.29 is 4.42 Å². The van der Waals surface area contributed by atoms with Crippen LogP contribution in [0.25, 0.3) is 0 Å². The Bertz CT molecular complexity index is 186. The molecule has 4 nitrogen and oxygen atoms in total. The molecule has 0 aliphatic carbocycles. The minimum Gasteiger partial charge on any atom is -0.447 e. The third kappa shape index (κ3) is 3.50. The number of nitrogens with one attached hydrogen (secondary N) is 2. The van der Waals surface area contributed by atoms with Crippen molar-refractivity contribution in [3.05, 3.63) is 18.4 Å². The van der Waals surface area contributed by atoms with Crippen molar-refractivity contribution in [2.24, 2.45) is 0 Å². The summed E-state index contributed by atoms with van der Waals surface area (Å²) in [5, 5.41) is 6.45. The highest BCUT2D eigenvalue weighted by molar-refractivity contribution is 4.86. The van der Waals surface area contributed by atoms with Gasteiger partial charge in [-0.1, -0.05) is 6.92 Å². The molecule has 1 heterocycles. The topological polar surface area (TPSA) is 50.1 Å². The van der Waals surface area contributed by atoms with Gasteiger partial charge in [0.2, 0.25) is 0 Å². The second kappa shape index (κ2) is 5.74. The van der Waals surface area contributed by atoms with E-state index in [2.05, 4.69) is 22.5 Å². The fourth-order valence-electron chi connectivity index (χ4n) is 0.895. The smallest absolute Gasteiger partial charge is 0.180 e. The minimum absolute atomic E-state index is 0.755. The van der Waals surface area contributed by atoms with E-state index >= 15 is 0 Å². The predicted octanol–water partition coefficient (Wildman–Crippen LogP) is 0.374. The Morgan fingerprint density at radius 3 is 2.92 bits per heavy atom. The van der Waals surface area contributed by atoms with Gasteiger partial charge >= 0.3 is 0 Å². The molecule has 0 aliphatic heterocycles. The van der Waals surface area contributed by atoms with Crippen LogP contribution in [0, 0.1) is 0 Å². The van der Waals surface area contributed by atoms with Crippen LogP contribution >= 0.6 is 0 Å². The van der Waals surface area contributed by atoms with Gasteiger partial charge in [-0.05, 0) is 6.54 Å². The van der Waals surface area contributed by atoms with Crippen molar-refractivity contribution in [1.29, 1.82) is 0 Å². The normalized spacial score (nSPS) is 10.4. The molecule has 0 aliphatic rings. The Morgan fingerprint density at radius 1 is 1.42 bits per heavy atom. The van der Waals surface area contributed by atoms with Gasteiger partial charge in [-0.15, -0.1) is 0 Å². The molecular formula is C8H15N3O. The van der Waals surface area contributed by atoms with Gasteiger partial charge in [0, 0.05) is 13.1 Å². The molecule has 0 saturated heterocycles. The monoisotopic (exact) mass is 169 g/mol. The standard InChI is InChI=1S/C8H15N3O/c1-2-9-3-4-10-5-8-6-11-7-12-8/h6-7,9-10H,2-5H2,1H3. The first kappa shape index (κ1) is 9.22. The van der Waals surface area contributed by atoms with Gasteiger partial charge in [-0.3, -0.25) is 0 Å². The van der Waals surface area contributed by atoms with E-state index in [9.17, 15) is 0 Å². The number of aromatic nitrogens is 1. The van der Waals surface area contributed by atoms with Crippen LogP contribution in [0.5, 0.6) is 0 Å². The highest BCUT2D eigenvalue weighted by atomic mass is 16.3. The number of likely N-dealkylation sites (N-methyl/N-ethyl adjacent to an activating group) is 1. The van der Waals surface area contributed by atoms with Crippen molar-refractivity contribution in [1.82, 2.24) is 15.6 Å². The molecule has 2 N–H and O–H groups in total. The summed E-state index contributed by atoms with van der Waals surface area (Å²) in [5.41, 5.74) is 0. The van der Waals surface area contributed by atoms with Crippen LogP contribution < -0.4 is 10.6 Å². The van der Waals surface area contributed by atoms with E-state index in [1.165, 1.54) is 6.39 Å². The number of hydrogen-bond donors (Lipinski definition) is 2. The molecule has 0 spiro atoms. The van der Waals surface area contributed by atoms with Crippen LogP contribution in [0.3, 0.4) is 0 Å². The van der Waals surface area contributed by atoms with Gasteiger partial charge in [0.25, 0.3) is 0 Å². The van der Waals surface area contributed by atoms with Gasteiger partial charge in [0.1, 0.15) is 5.76 Å². The minimum atomic E-state index is 0.755. The third-order valence-electron chi connectivity index (χ3n) is 1.51. The fraction of sp³-hybridized carbons (Fsp3) is 0.625. The number of hydrogen-bond acceptors (Lipinski definition) is 4. The summed E-state index contributed by atoms with van der Waals surface area (Å²) in [7, 11) is 0. The Balaban J connectivity index is 1.96. The summed E-state index contributed by atoms with van der Waals surface area (Å²) in [6.45, 7) is 5.81. The average Bonchev–Trinajstić information content (AvgIpc) is 2.57. The lowest BCUT2D eigenvalue weighted by Crippen LogP contribution is -2.26. The van der Waals surface area contributed by atoms with E-state index in [4.69, 9.17) is 4.42 Å². The first-order valence-electron chi connectivity index (χ1n) is 4.22. The van der Waals surface area contributed by atoms with Crippen molar-refractivity contribution in [2.45, 2.75) is 13.5 Å². The fourth-order valence-corrected chi connectivity index (χ4v) is 0.895. The maximum Gasteiger partial charge on any atom is 0.180 e. The van der Waals surface area contributed by atoms with Crippen LogP contribution in [0.1, 0.15) is 12.7 Å². The molecule has 1 aromatic heterocycles. The van der Waals surface area contributed by atoms with Crippen molar-refractivity contribution in [2.75, 3.05) is 19.6 Å². The van der Waals surface area contributed by atoms with Crippen LogP contribution in [0.15, 0.2) is 17.0 Å². The van der Waals surface area contributed by atoms with Gasteiger partial charge in [-0.25, -0.2) is 4.98 Å². The summed E-state index contributed by atoms with van der Waals surface area (Å²) in [4.78, 5) is 3.81. The van der Waals surface area contributed by atoms with Crippen molar-refractivity contribution in [3.8, 4) is 0 Å². The van der Waals surface area contributed by atoms with Gasteiger partial charge in [0.05, 0.1) is 12.7 Å². The first-order chi connectivity index (χ1) is 5.93. The Labute approximate surface area is 72.4 Å². The zero-order valence-electron chi connectivity index (χ0n) is 7.34. The summed E-state index contributed by atoms with van der Waals surface area (Å²) in [6, 6.07) is 0. The maximum atomic E-state index is 5.05. The second-order valence-electron chi connectivity index (χ2n) is 2.50. The Kier molecular flexibility index (Phi) is 4.41. The third-order valence-corrected chi connectivity index (χ3v) is 1.51. The largest absolute Gasteiger partial charge is 0.447 e. The summed E-state index contributed by atoms with van der Waals surface area (Å²) >= 11 is 0. The Hall–Kier alpha value is -0.870.